The summed E-state index contributed by atoms with van der Waals surface area (Å²) in [7, 11) is 0. The zero-order chi connectivity index (χ0) is 14.8. The van der Waals surface area contributed by atoms with E-state index in [4.69, 9.17) is 4.74 Å². The number of ether oxygens (including phenoxy) is 1. The van der Waals surface area contributed by atoms with Crippen molar-refractivity contribution in [3.63, 3.8) is 0 Å². The fraction of sp³-hybridized carbons (Fsp3) is 0.733. The average molecular weight is 329 g/mol. The first kappa shape index (κ1) is 17.2. The van der Waals surface area contributed by atoms with Crippen LogP contribution in [0.25, 0.3) is 0 Å². The second kappa shape index (κ2) is 7.44. The number of piperidine rings is 1. The maximum Gasteiger partial charge on any atom is 0.274 e. The SMILES string of the molecule is CC1CN(C(=O)c2ccn(C3CCCNC3)n2)C(C)CO1.Cl. The number of carbonyl (C=O) groups is 1. The lowest BCUT2D eigenvalue weighted by atomic mass is 10.1. The number of morpholine rings is 1. The molecule has 1 amide bonds. The number of nitrogens with one attached hydrogen (secondary N) is 1. The van der Waals surface area contributed by atoms with Crippen molar-refractivity contribution in [2.45, 2.75) is 44.9 Å². The molecule has 2 aliphatic heterocycles. The van der Waals surface area contributed by atoms with Crippen LogP contribution in [0, 0.1) is 0 Å². The minimum Gasteiger partial charge on any atom is -0.375 e. The molecule has 0 aliphatic carbocycles. The molecular weight excluding hydrogens is 304 g/mol. The number of hydrogen-bond donors (Lipinski definition) is 1. The van der Waals surface area contributed by atoms with Gasteiger partial charge in [-0.05, 0) is 39.3 Å². The quantitative estimate of drug-likeness (QED) is 0.893. The number of carbonyl (C=O) groups excluding carboxylic acids is 1. The van der Waals surface area contributed by atoms with Crippen LogP contribution in [-0.2, 0) is 4.74 Å². The topological polar surface area (TPSA) is 59.4 Å². The number of rotatable bonds is 2. The van der Waals surface area contributed by atoms with E-state index < -0.39 is 0 Å². The first-order valence-corrected chi connectivity index (χ1v) is 7.83. The standard InChI is InChI=1S/C15H24N4O2.ClH/c1-11-10-21-12(2)9-18(11)15(20)14-5-7-19(17-14)13-4-3-6-16-8-13;/h5,7,11-13,16H,3-4,6,8-10H2,1-2H3;1H. The Labute approximate surface area is 137 Å². The maximum absolute atomic E-state index is 12.6. The fourth-order valence-corrected chi connectivity index (χ4v) is 3.05. The molecule has 7 heteroatoms. The van der Waals surface area contributed by atoms with Gasteiger partial charge in [0, 0.05) is 19.3 Å². The van der Waals surface area contributed by atoms with Crippen LogP contribution >= 0.6 is 12.4 Å². The van der Waals surface area contributed by atoms with Crippen molar-refractivity contribution in [3.8, 4) is 0 Å². The largest absolute Gasteiger partial charge is 0.375 e. The average Bonchev–Trinajstić information content (AvgIpc) is 3.00. The summed E-state index contributed by atoms with van der Waals surface area (Å²) < 4.78 is 7.52. The molecular formula is C15H25ClN4O2. The van der Waals surface area contributed by atoms with E-state index in [1.54, 1.807) is 0 Å². The molecule has 22 heavy (non-hydrogen) atoms. The van der Waals surface area contributed by atoms with E-state index in [1.807, 2.05) is 35.7 Å². The molecule has 0 aromatic carbocycles. The van der Waals surface area contributed by atoms with Crippen LogP contribution in [0.3, 0.4) is 0 Å². The highest BCUT2D eigenvalue weighted by atomic mass is 35.5. The lowest BCUT2D eigenvalue weighted by molar-refractivity contribution is -0.0389. The Balaban J connectivity index is 0.00000176. The van der Waals surface area contributed by atoms with Crippen molar-refractivity contribution in [3.05, 3.63) is 18.0 Å². The van der Waals surface area contributed by atoms with E-state index in [0.717, 1.165) is 25.9 Å². The third-order valence-corrected chi connectivity index (χ3v) is 4.34. The highest BCUT2D eigenvalue weighted by molar-refractivity contribution is 5.92. The van der Waals surface area contributed by atoms with Crippen LogP contribution in [0.15, 0.2) is 12.3 Å². The summed E-state index contributed by atoms with van der Waals surface area (Å²) in [6, 6.07) is 2.31. The molecule has 124 valence electrons. The summed E-state index contributed by atoms with van der Waals surface area (Å²) in [4.78, 5) is 14.5. The van der Waals surface area contributed by atoms with Crippen molar-refractivity contribution >= 4 is 18.3 Å². The van der Waals surface area contributed by atoms with Gasteiger partial charge >= 0.3 is 0 Å². The third-order valence-electron chi connectivity index (χ3n) is 4.34. The van der Waals surface area contributed by atoms with E-state index in [0.29, 0.717) is 24.9 Å². The number of halogens is 1. The Morgan fingerprint density at radius 3 is 3.00 bits per heavy atom. The van der Waals surface area contributed by atoms with Gasteiger partial charge in [-0.1, -0.05) is 0 Å². The second-order valence-corrected chi connectivity index (χ2v) is 6.13. The van der Waals surface area contributed by atoms with Crippen molar-refractivity contribution in [1.82, 2.24) is 20.0 Å². The second-order valence-electron chi connectivity index (χ2n) is 6.13. The van der Waals surface area contributed by atoms with Crippen LogP contribution in [-0.4, -0.2) is 59.0 Å². The van der Waals surface area contributed by atoms with Gasteiger partial charge in [-0.3, -0.25) is 9.48 Å². The summed E-state index contributed by atoms with van der Waals surface area (Å²) in [6.07, 6.45) is 4.30. The molecule has 0 saturated carbocycles. The van der Waals surface area contributed by atoms with Crippen LogP contribution in [0.5, 0.6) is 0 Å². The van der Waals surface area contributed by atoms with Gasteiger partial charge in [-0.2, -0.15) is 5.10 Å². The molecule has 0 spiro atoms. The van der Waals surface area contributed by atoms with Crippen LogP contribution in [0.1, 0.15) is 43.2 Å². The molecule has 3 heterocycles. The van der Waals surface area contributed by atoms with Crippen molar-refractivity contribution in [1.29, 1.82) is 0 Å². The van der Waals surface area contributed by atoms with Crippen LogP contribution < -0.4 is 5.32 Å². The molecule has 1 aromatic rings. The normalized spacial score (nSPS) is 29.0. The smallest absolute Gasteiger partial charge is 0.274 e. The van der Waals surface area contributed by atoms with Crippen molar-refractivity contribution < 1.29 is 9.53 Å². The van der Waals surface area contributed by atoms with Gasteiger partial charge in [-0.15, -0.1) is 12.4 Å². The number of aromatic nitrogens is 2. The van der Waals surface area contributed by atoms with Gasteiger partial charge in [0.15, 0.2) is 0 Å². The molecule has 6 nitrogen and oxygen atoms in total. The van der Waals surface area contributed by atoms with Gasteiger partial charge in [0.1, 0.15) is 5.69 Å². The number of amides is 1. The molecule has 1 N–H and O–H groups in total. The van der Waals surface area contributed by atoms with Gasteiger partial charge in [0.05, 0.1) is 24.8 Å². The van der Waals surface area contributed by atoms with Gasteiger partial charge < -0.3 is 15.0 Å². The lowest BCUT2D eigenvalue weighted by Crippen LogP contribution is -2.50. The monoisotopic (exact) mass is 328 g/mol. The van der Waals surface area contributed by atoms with Crippen LogP contribution in [0.4, 0.5) is 0 Å². The van der Waals surface area contributed by atoms with Gasteiger partial charge in [0.2, 0.25) is 0 Å². The molecule has 3 atom stereocenters. The zero-order valence-corrected chi connectivity index (χ0v) is 14.0. The first-order chi connectivity index (χ1) is 10.1. The van der Waals surface area contributed by atoms with E-state index in [-0.39, 0.29) is 30.5 Å². The maximum atomic E-state index is 12.6. The predicted molar refractivity (Wildman–Crippen MR) is 86.5 cm³/mol. The van der Waals surface area contributed by atoms with E-state index in [1.165, 1.54) is 0 Å². The minimum absolute atomic E-state index is 0. The fourth-order valence-electron chi connectivity index (χ4n) is 3.05. The molecule has 2 saturated heterocycles. The molecule has 3 unspecified atom stereocenters. The van der Waals surface area contributed by atoms with Crippen molar-refractivity contribution in [2.75, 3.05) is 26.2 Å². The highest BCUT2D eigenvalue weighted by Gasteiger charge is 2.29. The highest BCUT2D eigenvalue weighted by Crippen LogP contribution is 2.18. The Kier molecular flexibility index (Phi) is 5.83. The lowest BCUT2D eigenvalue weighted by Gasteiger charge is -2.36. The van der Waals surface area contributed by atoms with Gasteiger partial charge in [0.25, 0.3) is 5.91 Å². The van der Waals surface area contributed by atoms with E-state index in [2.05, 4.69) is 10.4 Å². The summed E-state index contributed by atoms with van der Waals surface area (Å²) in [5, 5.41) is 7.89. The Bertz CT molecular complexity index is 501. The summed E-state index contributed by atoms with van der Waals surface area (Å²) in [5.74, 6) is 0.0140. The molecule has 0 radical (unpaired) electrons. The summed E-state index contributed by atoms with van der Waals surface area (Å²) >= 11 is 0. The molecule has 2 aliphatic rings. The Morgan fingerprint density at radius 2 is 2.27 bits per heavy atom. The zero-order valence-electron chi connectivity index (χ0n) is 13.2. The molecule has 3 rings (SSSR count). The van der Waals surface area contributed by atoms with E-state index >= 15 is 0 Å². The summed E-state index contributed by atoms with van der Waals surface area (Å²) in [5.41, 5.74) is 0.543. The third kappa shape index (κ3) is 3.62. The predicted octanol–water partition coefficient (Wildman–Crippen LogP) is 1.48. The van der Waals surface area contributed by atoms with Gasteiger partial charge in [-0.25, -0.2) is 0 Å². The molecule has 1 aromatic heterocycles. The Hall–Kier alpha value is -1.11. The minimum atomic E-state index is 0. The summed E-state index contributed by atoms with van der Waals surface area (Å²) in [6.45, 7) is 7.26. The van der Waals surface area contributed by atoms with E-state index in [9.17, 15) is 4.79 Å². The van der Waals surface area contributed by atoms with Crippen LogP contribution in [0.2, 0.25) is 0 Å². The number of hydrogen-bond acceptors (Lipinski definition) is 4. The number of nitrogens with zero attached hydrogens (tertiary/aromatic N) is 3. The first-order valence-electron chi connectivity index (χ1n) is 7.83. The Morgan fingerprint density at radius 1 is 1.45 bits per heavy atom. The molecule has 2 fully saturated rings. The van der Waals surface area contributed by atoms with Crippen molar-refractivity contribution in [2.24, 2.45) is 0 Å². The molecule has 0 bridgehead atoms.